The van der Waals surface area contributed by atoms with E-state index in [0.29, 0.717) is 18.9 Å². The number of hydrogen-bond donors (Lipinski definition) is 1. The molecule has 1 N–H and O–H groups in total. The molecular formula is C12H10N4O3. The predicted octanol–water partition coefficient (Wildman–Crippen LogP) is 0.927. The van der Waals surface area contributed by atoms with Gasteiger partial charge in [0.1, 0.15) is 24.8 Å². The van der Waals surface area contributed by atoms with Crippen LogP contribution in [0.1, 0.15) is 16.2 Å². The highest BCUT2D eigenvalue weighted by molar-refractivity contribution is 5.87. The van der Waals surface area contributed by atoms with Crippen molar-refractivity contribution in [2.75, 3.05) is 6.61 Å². The predicted molar refractivity (Wildman–Crippen MR) is 63.6 cm³/mol. The molecule has 1 aromatic carbocycles. The summed E-state index contributed by atoms with van der Waals surface area (Å²) in [6.07, 6.45) is 1.45. The van der Waals surface area contributed by atoms with E-state index in [0.717, 1.165) is 0 Å². The van der Waals surface area contributed by atoms with Gasteiger partial charge in [0.25, 0.3) is 5.82 Å². The van der Waals surface area contributed by atoms with Crippen LogP contribution in [0.2, 0.25) is 0 Å². The first-order chi connectivity index (χ1) is 9.19. The summed E-state index contributed by atoms with van der Waals surface area (Å²) in [4.78, 5) is 14.4. The van der Waals surface area contributed by atoms with Gasteiger partial charge in [-0.25, -0.2) is 14.5 Å². The van der Waals surface area contributed by atoms with E-state index in [1.807, 2.05) is 6.07 Å². The van der Waals surface area contributed by atoms with E-state index in [4.69, 9.17) is 15.1 Å². The lowest BCUT2D eigenvalue weighted by atomic mass is 10.2. The molecule has 1 heterocycles. The Balaban J connectivity index is 1.85. The van der Waals surface area contributed by atoms with Crippen molar-refractivity contribution in [1.29, 1.82) is 5.26 Å². The molecule has 0 fully saturated rings. The van der Waals surface area contributed by atoms with Gasteiger partial charge in [-0.1, -0.05) is 0 Å². The lowest BCUT2D eigenvalue weighted by Crippen LogP contribution is -2.09. The Bertz CT molecular complexity index is 613. The van der Waals surface area contributed by atoms with Crippen molar-refractivity contribution in [3.8, 4) is 11.8 Å². The van der Waals surface area contributed by atoms with E-state index in [2.05, 4.69) is 10.1 Å². The molecule has 0 unspecified atom stereocenters. The van der Waals surface area contributed by atoms with E-state index < -0.39 is 5.97 Å². The maximum absolute atomic E-state index is 10.7. The van der Waals surface area contributed by atoms with Crippen LogP contribution in [0.4, 0.5) is 0 Å². The highest BCUT2D eigenvalue weighted by Crippen LogP contribution is 2.12. The molecule has 0 radical (unpaired) electrons. The van der Waals surface area contributed by atoms with E-state index in [1.54, 1.807) is 12.1 Å². The molecule has 0 saturated carbocycles. The maximum Gasteiger partial charge on any atom is 0.335 e. The Morgan fingerprint density at radius 2 is 2.16 bits per heavy atom. The number of nitriles is 1. The summed E-state index contributed by atoms with van der Waals surface area (Å²) in [5, 5.41) is 21.2. The largest absolute Gasteiger partial charge is 0.492 e. The molecule has 0 aliphatic carbocycles. The summed E-state index contributed by atoms with van der Waals surface area (Å²) in [5.74, 6) is -0.283. The number of nitrogens with zero attached hydrogens (tertiary/aromatic N) is 4. The van der Waals surface area contributed by atoms with E-state index in [9.17, 15) is 4.79 Å². The summed E-state index contributed by atoms with van der Waals surface area (Å²) in [7, 11) is 0. The minimum absolute atomic E-state index is 0.116. The van der Waals surface area contributed by atoms with Gasteiger partial charge in [0.2, 0.25) is 0 Å². The zero-order valence-corrected chi connectivity index (χ0v) is 9.85. The molecule has 0 atom stereocenters. The molecule has 1 aromatic heterocycles. The highest BCUT2D eigenvalue weighted by Gasteiger charge is 2.02. The van der Waals surface area contributed by atoms with Gasteiger partial charge in [-0.3, -0.25) is 0 Å². The molecule has 7 nitrogen and oxygen atoms in total. The number of ether oxygens (including phenoxy) is 1. The molecule has 0 aliphatic rings. The van der Waals surface area contributed by atoms with Crippen LogP contribution in [0.15, 0.2) is 30.6 Å². The second kappa shape index (κ2) is 5.64. The minimum Gasteiger partial charge on any atom is -0.492 e. The minimum atomic E-state index is -0.974. The monoisotopic (exact) mass is 258 g/mol. The summed E-state index contributed by atoms with van der Waals surface area (Å²) >= 11 is 0. The van der Waals surface area contributed by atoms with Crippen LogP contribution in [-0.2, 0) is 6.54 Å². The third kappa shape index (κ3) is 3.29. The van der Waals surface area contributed by atoms with E-state index in [1.165, 1.54) is 23.1 Å². The maximum atomic E-state index is 10.7. The van der Waals surface area contributed by atoms with Gasteiger partial charge >= 0.3 is 5.97 Å². The summed E-state index contributed by atoms with van der Waals surface area (Å²) in [6.45, 7) is 0.802. The Labute approximate surface area is 108 Å². The number of hydrogen-bond acceptors (Lipinski definition) is 5. The van der Waals surface area contributed by atoms with E-state index >= 15 is 0 Å². The van der Waals surface area contributed by atoms with Gasteiger partial charge in [0.05, 0.1) is 12.1 Å². The van der Waals surface area contributed by atoms with Crippen molar-refractivity contribution in [3.63, 3.8) is 0 Å². The molecule has 0 amide bonds. The zero-order chi connectivity index (χ0) is 13.7. The van der Waals surface area contributed by atoms with Gasteiger partial charge in [0, 0.05) is 0 Å². The van der Waals surface area contributed by atoms with Crippen LogP contribution in [0, 0.1) is 11.3 Å². The molecule has 0 saturated heterocycles. The molecule has 2 aromatic rings. The fourth-order valence-electron chi connectivity index (χ4n) is 1.40. The second-order valence-corrected chi connectivity index (χ2v) is 3.62. The van der Waals surface area contributed by atoms with Gasteiger partial charge in [-0.2, -0.15) is 5.26 Å². The summed E-state index contributed by atoms with van der Waals surface area (Å²) in [5.41, 5.74) is 0.210. The third-order valence-electron chi connectivity index (χ3n) is 2.33. The Kier molecular flexibility index (Phi) is 3.73. The molecule has 96 valence electrons. The number of carbonyl (C=O) groups is 1. The zero-order valence-electron chi connectivity index (χ0n) is 9.85. The SMILES string of the molecule is N#Cc1ncn(CCOc2ccc(C(=O)O)cc2)n1. The van der Waals surface area contributed by atoms with Crippen molar-refractivity contribution in [2.24, 2.45) is 0 Å². The molecule has 0 spiro atoms. The normalized spacial score (nSPS) is 9.84. The van der Waals surface area contributed by atoms with Crippen LogP contribution in [0.25, 0.3) is 0 Å². The lowest BCUT2D eigenvalue weighted by molar-refractivity contribution is 0.0697. The first-order valence-electron chi connectivity index (χ1n) is 5.45. The standard InChI is InChI=1S/C12H10N4O3/c13-7-11-14-8-16(15-11)5-6-19-10-3-1-9(2-4-10)12(17)18/h1-4,8H,5-6H2,(H,17,18). The van der Waals surface area contributed by atoms with Crippen LogP contribution in [0.3, 0.4) is 0 Å². The van der Waals surface area contributed by atoms with Gasteiger partial charge < -0.3 is 9.84 Å². The number of rotatable bonds is 5. The topological polar surface area (TPSA) is 101 Å². The van der Waals surface area contributed by atoms with Crippen molar-refractivity contribution in [1.82, 2.24) is 14.8 Å². The van der Waals surface area contributed by atoms with Crippen LogP contribution >= 0.6 is 0 Å². The van der Waals surface area contributed by atoms with Gasteiger partial charge in [-0.15, -0.1) is 5.10 Å². The van der Waals surface area contributed by atoms with Crippen molar-refractivity contribution < 1.29 is 14.6 Å². The number of aromatic carboxylic acids is 1. The van der Waals surface area contributed by atoms with Crippen molar-refractivity contribution in [3.05, 3.63) is 42.0 Å². The van der Waals surface area contributed by atoms with Gasteiger partial charge in [0.15, 0.2) is 0 Å². The first-order valence-corrected chi connectivity index (χ1v) is 5.45. The van der Waals surface area contributed by atoms with E-state index in [-0.39, 0.29) is 11.4 Å². The Morgan fingerprint density at radius 1 is 1.42 bits per heavy atom. The molecule has 19 heavy (non-hydrogen) atoms. The molecule has 0 bridgehead atoms. The molecule has 2 rings (SSSR count). The molecular weight excluding hydrogens is 248 g/mol. The van der Waals surface area contributed by atoms with Crippen LogP contribution < -0.4 is 4.74 Å². The smallest absolute Gasteiger partial charge is 0.335 e. The van der Waals surface area contributed by atoms with Crippen LogP contribution in [0.5, 0.6) is 5.75 Å². The fourth-order valence-corrected chi connectivity index (χ4v) is 1.40. The lowest BCUT2D eigenvalue weighted by Gasteiger charge is -2.05. The Hall–Kier alpha value is -2.88. The highest BCUT2D eigenvalue weighted by atomic mass is 16.5. The van der Waals surface area contributed by atoms with Crippen LogP contribution in [-0.4, -0.2) is 32.4 Å². The second-order valence-electron chi connectivity index (χ2n) is 3.62. The average molecular weight is 258 g/mol. The fraction of sp³-hybridized carbons (Fsp3) is 0.167. The number of carboxylic acids is 1. The third-order valence-corrected chi connectivity index (χ3v) is 2.33. The van der Waals surface area contributed by atoms with Gasteiger partial charge in [-0.05, 0) is 24.3 Å². The number of carboxylic acid groups (broad SMARTS) is 1. The number of aromatic nitrogens is 3. The van der Waals surface area contributed by atoms with Crippen molar-refractivity contribution in [2.45, 2.75) is 6.54 Å². The summed E-state index contributed by atoms with van der Waals surface area (Å²) in [6, 6.07) is 7.96. The quantitative estimate of drug-likeness (QED) is 0.855. The molecule has 7 heteroatoms. The first kappa shape index (κ1) is 12.6. The average Bonchev–Trinajstić information content (AvgIpc) is 2.87. The van der Waals surface area contributed by atoms with Crippen molar-refractivity contribution >= 4 is 5.97 Å². The number of benzene rings is 1. The Morgan fingerprint density at radius 3 is 2.74 bits per heavy atom. The summed E-state index contributed by atoms with van der Waals surface area (Å²) < 4.78 is 6.93. The molecule has 0 aliphatic heterocycles.